The highest BCUT2D eigenvalue weighted by Crippen LogP contribution is 2.43. The molecule has 1 fully saturated rings. The van der Waals surface area contributed by atoms with Gasteiger partial charge in [-0.05, 0) is 48.7 Å². The van der Waals surface area contributed by atoms with Crippen LogP contribution in [0.2, 0.25) is 10.0 Å². The first-order chi connectivity index (χ1) is 14.6. The molecule has 1 amide bonds. The molecule has 7 heteroatoms. The van der Waals surface area contributed by atoms with Gasteiger partial charge < -0.3 is 5.32 Å². The van der Waals surface area contributed by atoms with Crippen molar-refractivity contribution in [1.29, 1.82) is 0 Å². The number of aromatic nitrogens is 2. The van der Waals surface area contributed by atoms with Gasteiger partial charge >= 0.3 is 0 Å². The number of hydrogen-bond acceptors (Lipinski definition) is 3. The van der Waals surface area contributed by atoms with E-state index in [1.165, 1.54) is 0 Å². The van der Waals surface area contributed by atoms with Gasteiger partial charge in [0.2, 0.25) is 5.91 Å². The van der Waals surface area contributed by atoms with Crippen molar-refractivity contribution in [2.45, 2.75) is 42.6 Å². The number of carbonyl (C=O) groups excluding carboxylic acids is 1. The molecule has 1 N–H and O–H groups in total. The molecule has 0 spiro atoms. The number of carbonyl (C=O) groups is 1. The topological polar surface area (TPSA) is 46.9 Å². The zero-order valence-corrected chi connectivity index (χ0v) is 18.7. The van der Waals surface area contributed by atoms with Gasteiger partial charge in [0.1, 0.15) is 5.82 Å². The molecule has 5 rings (SSSR count). The maximum atomic E-state index is 13.8. The Hall–Kier alpha value is -1.95. The molecule has 2 aromatic carbocycles. The summed E-state index contributed by atoms with van der Waals surface area (Å²) in [4.78, 5) is 13.8. The molecule has 154 valence electrons. The van der Waals surface area contributed by atoms with E-state index in [0.29, 0.717) is 10.0 Å². The third kappa shape index (κ3) is 3.43. The Morgan fingerprint density at radius 1 is 1.03 bits per heavy atom. The minimum absolute atomic E-state index is 0.0326. The number of nitrogens with one attached hydrogen (secondary N) is 1. The molecule has 0 unspecified atom stereocenters. The summed E-state index contributed by atoms with van der Waals surface area (Å²) < 4.78 is 1.83. The molecule has 3 aromatic rings. The van der Waals surface area contributed by atoms with E-state index in [-0.39, 0.29) is 5.91 Å². The maximum absolute atomic E-state index is 13.8. The highest BCUT2D eigenvalue weighted by molar-refractivity contribution is 7.98. The van der Waals surface area contributed by atoms with Crippen LogP contribution in [0.5, 0.6) is 0 Å². The number of benzene rings is 2. The summed E-state index contributed by atoms with van der Waals surface area (Å²) in [5.74, 6) is 2.50. The van der Waals surface area contributed by atoms with E-state index in [2.05, 4.69) is 5.32 Å². The summed E-state index contributed by atoms with van der Waals surface area (Å²) >= 11 is 14.1. The Balaban J connectivity index is 1.55. The van der Waals surface area contributed by atoms with Crippen molar-refractivity contribution in [1.82, 2.24) is 9.78 Å². The van der Waals surface area contributed by atoms with E-state index >= 15 is 0 Å². The molecule has 1 saturated carbocycles. The first-order valence-corrected chi connectivity index (χ1v) is 12.0. The van der Waals surface area contributed by atoms with Gasteiger partial charge in [-0.1, -0.05) is 54.2 Å². The molecular formula is C23H21Cl2N3OS. The van der Waals surface area contributed by atoms with Gasteiger partial charge in [0.15, 0.2) is 0 Å². The maximum Gasteiger partial charge on any atom is 0.236 e. The number of fused-ring (bicyclic) bond motifs is 1. The van der Waals surface area contributed by atoms with Crippen molar-refractivity contribution >= 4 is 46.7 Å². The van der Waals surface area contributed by atoms with Crippen LogP contribution in [-0.4, -0.2) is 15.7 Å². The Morgan fingerprint density at radius 2 is 1.80 bits per heavy atom. The van der Waals surface area contributed by atoms with E-state index in [1.807, 2.05) is 65.0 Å². The normalized spacial score (nSPS) is 17.1. The Morgan fingerprint density at radius 3 is 2.53 bits per heavy atom. The summed E-state index contributed by atoms with van der Waals surface area (Å²) in [6, 6.07) is 15.3. The molecule has 1 aliphatic heterocycles. The average molecular weight is 458 g/mol. The second kappa shape index (κ2) is 7.95. The molecule has 0 radical (unpaired) electrons. The summed E-state index contributed by atoms with van der Waals surface area (Å²) in [7, 11) is 0. The van der Waals surface area contributed by atoms with Crippen LogP contribution >= 0.6 is 35.0 Å². The Bertz CT molecular complexity index is 1100. The van der Waals surface area contributed by atoms with E-state index in [1.54, 1.807) is 0 Å². The number of thioether (sulfide) groups is 1. The third-order valence-corrected chi connectivity index (χ3v) is 7.58. The number of amides is 1. The molecule has 0 atom stereocenters. The molecular weight excluding hydrogens is 437 g/mol. The standard InChI is InChI=1S/C23H21Cl2N3OS/c24-16-8-6-15(7-9-16)23(10-1-2-11-23)22(29)26-21-19-13-30-14-20(19)27-28(21)18-5-3-4-17(25)12-18/h3-9,12H,1-2,10-11,13-14H2,(H,26,29). The van der Waals surface area contributed by atoms with Gasteiger partial charge in [0.25, 0.3) is 0 Å². The fourth-order valence-corrected chi connectivity index (χ4v) is 5.90. The summed E-state index contributed by atoms with van der Waals surface area (Å²) in [6.07, 6.45) is 3.75. The van der Waals surface area contributed by atoms with Crippen molar-refractivity contribution in [3.8, 4) is 5.69 Å². The van der Waals surface area contributed by atoms with Crippen LogP contribution in [0.1, 0.15) is 42.5 Å². The fraction of sp³-hybridized carbons (Fsp3) is 0.304. The zero-order chi connectivity index (χ0) is 20.7. The van der Waals surface area contributed by atoms with Crippen molar-refractivity contribution in [2.75, 3.05) is 5.32 Å². The summed E-state index contributed by atoms with van der Waals surface area (Å²) in [5.41, 5.74) is 3.48. The lowest BCUT2D eigenvalue weighted by atomic mass is 9.78. The van der Waals surface area contributed by atoms with Crippen LogP contribution in [0, 0.1) is 0 Å². The van der Waals surface area contributed by atoms with E-state index < -0.39 is 5.41 Å². The molecule has 2 heterocycles. The zero-order valence-electron chi connectivity index (χ0n) is 16.3. The van der Waals surface area contributed by atoms with Crippen LogP contribution in [0.3, 0.4) is 0 Å². The van der Waals surface area contributed by atoms with Gasteiger partial charge in [-0.2, -0.15) is 16.9 Å². The van der Waals surface area contributed by atoms with Crippen LogP contribution < -0.4 is 5.32 Å². The molecule has 0 saturated heterocycles. The quantitative estimate of drug-likeness (QED) is 0.494. The van der Waals surface area contributed by atoms with Crippen LogP contribution in [0.15, 0.2) is 48.5 Å². The fourth-order valence-electron chi connectivity index (χ4n) is 4.56. The second-order valence-corrected chi connectivity index (χ2v) is 9.77. The lowest BCUT2D eigenvalue weighted by Gasteiger charge is -2.28. The predicted molar refractivity (Wildman–Crippen MR) is 124 cm³/mol. The number of nitrogens with zero attached hydrogens (tertiary/aromatic N) is 2. The largest absolute Gasteiger partial charge is 0.310 e. The number of hydrogen-bond donors (Lipinski definition) is 1. The minimum Gasteiger partial charge on any atom is -0.310 e. The Labute approximate surface area is 190 Å². The third-order valence-electron chi connectivity index (χ3n) is 6.13. The number of halogens is 2. The van der Waals surface area contributed by atoms with Gasteiger partial charge in [-0.3, -0.25) is 4.79 Å². The van der Waals surface area contributed by atoms with Gasteiger partial charge in [-0.15, -0.1) is 0 Å². The molecule has 30 heavy (non-hydrogen) atoms. The molecule has 1 aliphatic carbocycles. The predicted octanol–water partition coefficient (Wildman–Crippen LogP) is 6.38. The minimum atomic E-state index is -0.535. The first-order valence-electron chi connectivity index (χ1n) is 10.1. The molecule has 0 bridgehead atoms. The van der Waals surface area contributed by atoms with Gasteiger partial charge in [-0.25, -0.2) is 4.68 Å². The SMILES string of the molecule is O=C(Nc1c2c(nn1-c1cccc(Cl)c1)CSC2)C1(c2ccc(Cl)cc2)CCCC1. The average Bonchev–Trinajstić information content (AvgIpc) is 3.46. The van der Waals surface area contributed by atoms with Crippen molar-refractivity contribution in [3.63, 3.8) is 0 Å². The summed E-state index contributed by atoms with van der Waals surface area (Å²) in [6.45, 7) is 0. The van der Waals surface area contributed by atoms with Crippen LogP contribution in [0.25, 0.3) is 5.69 Å². The highest BCUT2D eigenvalue weighted by Gasteiger charge is 2.43. The number of rotatable bonds is 4. The lowest BCUT2D eigenvalue weighted by molar-refractivity contribution is -0.121. The van der Waals surface area contributed by atoms with Crippen molar-refractivity contribution in [2.24, 2.45) is 0 Å². The molecule has 2 aliphatic rings. The van der Waals surface area contributed by atoms with Crippen molar-refractivity contribution in [3.05, 3.63) is 75.4 Å². The van der Waals surface area contributed by atoms with Crippen LogP contribution in [-0.2, 0) is 21.7 Å². The number of anilines is 1. The first kappa shape index (κ1) is 20.0. The Kier molecular flexibility index (Phi) is 5.30. The summed E-state index contributed by atoms with van der Waals surface area (Å²) in [5, 5.41) is 9.39. The van der Waals surface area contributed by atoms with Crippen LogP contribution in [0.4, 0.5) is 5.82 Å². The van der Waals surface area contributed by atoms with E-state index in [9.17, 15) is 4.79 Å². The van der Waals surface area contributed by atoms with Gasteiger partial charge in [0, 0.05) is 27.1 Å². The molecule has 1 aromatic heterocycles. The van der Waals surface area contributed by atoms with Crippen molar-refractivity contribution < 1.29 is 4.79 Å². The lowest BCUT2D eigenvalue weighted by Crippen LogP contribution is -2.38. The second-order valence-electron chi connectivity index (χ2n) is 7.91. The molecule has 4 nitrogen and oxygen atoms in total. The monoisotopic (exact) mass is 457 g/mol. The van der Waals surface area contributed by atoms with E-state index in [0.717, 1.165) is 65.5 Å². The highest BCUT2D eigenvalue weighted by atomic mass is 35.5. The van der Waals surface area contributed by atoms with E-state index in [4.69, 9.17) is 28.3 Å². The van der Waals surface area contributed by atoms with Gasteiger partial charge in [0.05, 0.1) is 16.8 Å². The smallest absolute Gasteiger partial charge is 0.236 e.